The minimum Gasteiger partial charge on any atom is -0.496 e. The molecule has 12 heteroatoms. The van der Waals surface area contributed by atoms with E-state index < -0.39 is 35.7 Å². The van der Waals surface area contributed by atoms with Gasteiger partial charge in [-0.1, -0.05) is 42.5 Å². The molecule has 3 aromatic rings. The van der Waals surface area contributed by atoms with Crippen molar-refractivity contribution in [2.75, 3.05) is 20.2 Å². The summed E-state index contributed by atoms with van der Waals surface area (Å²) in [4.78, 5) is 63.9. The number of benzene rings is 2. The van der Waals surface area contributed by atoms with Crippen LogP contribution in [-0.4, -0.2) is 81.9 Å². The third-order valence-corrected chi connectivity index (χ3v) is 8.87. The second kappa shape index (κ2) is 12.2. The molecular formula is C33H36N6O6. The summed E-state index contributed by atoms with van der Waals surface area (Å²) in [6, 6.07) is 10.5. The molecule has 3 aliphatic rings. The van der Waals surface area contributed by atoms with Crippen molar-refractivity contribution < 1.29 is 28.7 Å². The average molecular weight is 613 g/mol. The number of nitrogens with one attached hydrogen (secondary N) is 1. The number of fused-ring (bicyclic) bond motifs is 3. The molecule has 1 saturated carbocycles. The fourth-order valence-electron chi connectivity index (χ4n) is 6.23. The first kappa shape index (κ1) is 30.0. The van der Waals surface area contributed by atoms with Crippen LogP contribution in [0.1, 0.15) is 37.7 Å². The van der Waals surface area contributed by atoms with E-state index in [1.165, 1.54) is 4.90 Å². The number of carbonyl (C=O) groups excluding carboxylic acids is 4. The van der Waals surface area contributed by atoms with E-state index >= 15 is 0 Å². The fraction of sp³-hybridized carbons (Fsp3) is 0.394. The number of urea groups is 2. The maximum Gasteiger partial charge on any atom is 0.328 e. The highest BCUT2D eigenvalue weighted by molar-refractivity contribution is 5.97. The van der Waals surface area contributed by atoms with Crippen LogP contribution in [0.5, 0.6) is 11.6 Å². The van der Waals surface area contributed by atoms with Crippen molar-refractivity contribution in [3.63, 3.8) is 0 Å². The molecule has 3 N–H and O–H groups in total. The van der Waals surface area contributed by atoms with Gasteiger partial charge in [0.15, 0.2) is 5.82 Å². The van der Waals surface area contributed by atoms with Gasteiger partial charge in [-0.2, -0.15) is 4.98 Å². The Morgan fingerprint density at radius 2 is 1.93 bits per heavy atom. The third kappa shape index (κ3) is 5.79. The monoisotopic (exact) mass is 612 g/mol. The molecule has 3 heterocycles. The molecule has 12 nitrogen and oxygen atoms in total. The van der Waals surface area contributed by atoms with Crippen molar-refractivity contribution >= 4 is 35.2 Å². The first-order valence-electron chi connectivity index (χ1n) is 15.1. The number of hydrogen-bond donors (Lipinski definition) is 2. The van der Waals surface area contributed by atoms with Gasteiger partial charge in [-0.15, -0.1) is 0 Å². The van der Waals surface area contributed by atoms with E-state index in [4.69, 9.17) is 25.2 Å². The predicted octanol–water partition coefficient (Wildman–Crippen LogP) is 3.75. The zero-order valence-corrected chi connectivity index (χ0v) is 25.3. The number of primary amides is 1. The van der Waals surface area contributed by atoms with Gasteiger partial charge in [0.1, 0.15) is 29.7 Å². The van der Waals surface area contributed by atoms with E-state index in [9.17, 15) is 19.2 Å². The van der Waals surface area contributed by atoms with Gasteiger partial charge in [-0.05, 0) is 44.7 Å². The van der Waals surface area contributed by atoms with Crippen LogP contribution in [0.25, 0.3) is 22.3 Å². The number of imide groups is 1. The summed E-state index contributed by atoms with van der Waals surface area (Å²) in [6.45, 7) is 2.03. The molecule has 2 fully saturated rings. The van der Waals surface area contributed by atoms with Gasteiger partial charge in [0.25, 0.3) is 0 Å². The molecule has 1 saturated heterocycles. The normalized spacial score (nSPS) is 25.9. The number of carbonyl (C=O) groups is 4. The van der Waals surface area contributed by atoms with Gasteiger partial charge in [0, 0.05) is 30.0 Å². The van der Waals surface area contributed by atoms with Crippen LogP contribution in [0.4, 0.5) is 9.59 Å². The van der Waals surface area contributed by atoms with Crippen LogP contribution in [-0.2, 0) is 9.59 Å². The maximum atomic E-state index is 13.8. The van der Waals surface area contributed by atoms with E-state index in [1.54, 1.807) is 7.11 Å². The largest absolute Gasteiger partial charge is 0.496 e. The van der Waals surface area contributed by atoms with Gasteiger partial charge in [0.2, 0.25) is 11.8 Å². The van der Waals surface area contributed by atoms with Crippen molar-refractivity contribution in [2.24, 2.45) is 11.7 Å². The molecular weight excluding hydrogens is 576 g/mol. The Bertz CT molecular complexity index is 1680. The molecule has 2 aliphatic heterocycles. The number of methoxy groups -OCH3 is 1. The quantitative estimate of drug-likeness (QED) is 0.326. The van der Waals surface area contributed by atoms with E-state index in [0.717, 1.165) is 28.7 Å². The third-order valence-electron chi connectivity index (χ3n) is 8.87. The number of nitrogens with zero attached hydrogens (tertiary/aromatic N) is 4. The summed E-state index contributed by atoms with van der Waals surface area (Å²) in [5, 5.41) is 3.53. The van der Waals surface area contributed by atoms with Crippen molar-refractivity contribution in [3.8, 4) is 23.0 Å². The van der Waals surface area contributed by atoms with E-state index in [-0.39, 0.29) is 31.3 Å². The molecule has 1 aromatic heterocycles. The molecule has 5 amide bonds. The molecule has 1 aliphatic carbocycles. The summed E-state index contributed by atoms with van der Waals surface area (Å²) in [5.74, 6) is 0.800. The molecule has 234 valence electrons. The van der Waals surface area contributed by atoms with Crippen LogP contribution in [0.15, 0.2) is 54.6 Å². The van der Waals surface area contributed by atoms with Gasteiger partial charge < -0.3 is 30.2 Å². The molecule has 0 radical (unpaired) electrons. The van der Waals surface area contributed by atoms with Crippen LogP contribution in [0, 0.1) is 12.8 Å². The first-order valence-corrected chi connectivity index (χ1v) is 15.1. The second-order valence-corrected chi connectivity index (χ2v) is 11.8. The number of rotatable bonds is 5. The Hall–Kier alpha value is -5.00. The number of allylic oxidation sites excluding steroid dienone is 1. The van der Waals surface area contributed by atoms with Crippen LogP contribution < -0.4 is 20.5 Å². The molecule has 6 rings (SSSR count). The summed E-state index contributed by atoms with van der Waals surface area (Å²) in [6.07, 6.45) is 6.62. The number of nitrogens with two attached hydrogens (primary N) is 1. The zero-order valence-electron chi connectivity index (χ0n) is 25.3. The number of aromatic nitrogens is 2. The number of aldehydes is 1. The van der Waals surface area contributed by atoms with Crippen molar-refractivity contribution in [2.45, 2.75) is 56.7 Å². The Morgan fingerprint density at radius 3 is 2.67 bits per heavy atom. The lowest BCUT2D eigenvalue weighted by atomic mass is 10.1. The van der Waals surface area contributed by atoms with Crippen molar-refractivity contribution in [3.05, 3.63) is 60.2 Å². The lowest BCUT2D eigenvalue weighted by Crippen LogP contribution is -2.55. The highest BCUT2D eigenvalue weighted by Crippen LogP contribution is 2.43. The minimum absolute atomic E-state index is 0.000571. The van der Waals surface area contributed by atoms with E-state index in [1.807, 2.05) is 61.5 Å². The Morgan fingerprint density at radius 1 is 1.13 bits per heavy atom. The number of ether oxygens (including phenoxy) is 2. The molecule has 0 spiro atoms. The zero-order chi connectivity index (χ0) is 31.7. The molecule has 2 aromatic carbocycles. The summed E-state index contributed by atoms with van der Waals surface area (Å²) < 4.78 is 12.0. The Balaban J connectivity index is 1.36. The van der Waals surface area contributed by atoms with E-state index in [0.29, 0.717) is 41.7 Å². The lowest BCUT2D eigenvalue weighted by molar-refractivity contribution is -0.128. The van der Waals surface area contributed by atoms with Crippen LogP contribution >= 0.6 is 0 Å². The lowest BCUT2D eigenvalue weighted by Gasteiger charge is -2.29. The van der Waals surface area contributed by atoms with Gasteiger partial charge in [0.05, 0.1) is 24.6 Å². The van der Waals surface area contributed by atoms with Gasteiger partial charge >= 0.3 is 12.1 Å². The van der Waals surface area contributed by atoms with Crippen molar-refractivity contribution in [1.29, 1.82) is 0 Å². The van der Waals surface area contributed by atoms with Gasteiger partial charge in [-0.25, -0.2) is 19.5 Å². The summed E-state index contributed by atoms with van der Waals surface area (Å²) in [7, 11) is 1.59. The highest BCUT2D eigenvalue weighted by atomic mass is 16.5. The van der Waals surface area contributed by atoms with Crippen LogP contribution in [0.3, 0.4) is 0 Å². The Labute approximate surface area is 260 Å². The van der Waals surface area contributed by atoms with E-state index in [2.05, 4.69) is 5.32 Å². The van der Waals surface area contributed by atoms with Gasteiger partial charge in [-0.3, -0.25) is 4.79 Å². The SMILES string of the molecule is COc1ccc2c(OC3CC4C(=O)NC5(C=O)CC5/C=C/CCCCN(C(N)=O)C(=O)N4C3)nc(-c3ccccc3)nc2c1C. The number of aryl methyl sites for hydroxylation is 1. The average Bonchev–Trinajstić information content (AvgIpc) is 3.55. The predicted molar refractivity (Wildman–Crippen MR) is 166 cm³/mol. The topological polar surface area (TPSA) is 157 Å². The van der Waals surface area contributed by atoms with Crippen LogP contribution in [0.2, 0.25) is 0 Å². The molecule has 0 bridgehead atoms. The second-order valence-electron chi connectivity index (χ2n) is 11.8. The smallest absolute Gasteiger partial charge is 0.328 e. The Kier molecular flexibility index (Phi) is 8.13. The standard InChI is InChI=1S/C33H36N6O6/c1-20-26(44-2)14-13-24-27(20)35-28(21-10-6-5-7-11-21)36-30(24)45-23-16-25-29(41)37-33(19-40)17-22(33)12-8-3-4-9-15-38(31(34)42)32(43)39(25)18-23/h5-8,10-14,19,22-23,25H,3-4,9,15-18H2,1-2H3,(H2,34,42)(H,37,41)/b12-8+. The minimum atomic E-state index is -1.02. The molecule has 4 atom stereocenters. The highest BCUT2D eigenvalue weighted by Gasteiger charge is 2.56. The maximum absolute atomic E-state index is 13.8. The summed E-state index contributed by atoms with van der Waals surface area (Å²) >= 11 is 0. The first-order chi connectivity index (χ1) is 21.7. The molecule has 45 heavy (non-hydrogen) atoms. The number of hydrogen-bond acceptors (Lipinski definition) is 8. The summed E-state index contributed by atoms with van der Waals surface area (Å²) in [5.41, 5.74) is 6.85. The molecule has 4 unspecified atom stereocenters. The fourth-order valence-corrected chi connectivity index (χ4v) is 6.23. The number of amides is 5. The van der Waals surface area contributed by atoms with Crippen molar-refractivity contribution in [1.82, 2.24) is 25.1 Å².